The number of hydrogen-bond acceptors (Lipinski definition) is 5. The smallest absolute Gasteiger partial charge is 0.337 e. The summed E-state index contributed by atoms with van der Waals surface area (Å²) in [7, 11) is 1.31. The van der Waals surface area contributed by atoms with Crippen molar-refractivity contribution < 1.29 is 14.3 Å². The number of esters is 1. The number of para-hydroxylation sites is 2. The number of nitrogens with zero attached hydrogens (tertiary/aromatic N) is 2. The van der Waals surface area contributed by atoms with Crippen LogP contribution >= 0.6 is 0 Å². The van der Waals surface area contributed by atoms with E-state index in [0.717, 1.165) is 0 Å². The predicted octanol–water partition coefficient (Wildman–Crippen LogP) is 2.13. The topological polar surface area (TPSA) is 90.3 Å². The van der Waals surface area contributed by atoms with Crippen LogP contribution in [0.4, 0.5) is 5.69 Å². The van der Waals surface area contributed by atoms with Gasteiger partial charge < -0.3 is 10.1 Å². The number of amides is 1. The number of fused-ring (bicyclic) bond motifs is 1. The van der Waals surface area contributed by atoms with Crippen molar-refractivity contribution in [2.24, 2.45) is 0 Å². The highest BCUT2D eigenvalue weighted by atomic mass is 16.5. The molecule has 1 N–H and O–H groups in total. The van der Waals surface area contributed by atoms with E-state index >= 15 is 0 Å². The molecule has 3 rings (SSSR count). The van der Waals surface area contributed by atoms with Crippen LogP contribution in [0.5, 0.6) is 0 Å². The van der Waals surface area contributed by atoms with Crippen molar-refractivity contribution in [2.75, 3.05) is 12.4 Å². The van der Waals surface area contributed by atoms with Gasteiger partial charge in [0.15, 0.2) is 0 Å². The number of benzene rings is 2. The molecule has 3 aromatic rings. The minimum absolute atomic E-state index is 0.139. The maximum atomic E-state index is 12.4. The van der Waals surface area contributed by atoms with Crippen LogP contribution in [-0.4, -0.2) is 28.5 Å². The molecule has 0 unspecified atom stereocenters. The van der Waals surface area contributed by atoms with E-state index in [2.05, 4.69) is 15.0 Å². The van der Waals surface area contributed by atoms with E-state index < -0.39 is 5.97 Å². The lowest BCUT2D eigenvalue weighted by Crippen LogP contribution is -2.28. The van der Waals surface area contributed by atoms with Crippen LogP contribution in [0.15, 0.2) is 53.5 Å². The van der Waals surface area contributed by atoms with Crippen molar-refractivity contribution >= 4 is 28.6 Å². The van der Waals surface area contributed by atoms with Crippen molar-refractivity contribution in [1.29, 1.82) is 0 Å². The number of aryl methyl sites for hydroxylation is 1. The second-order valence-corrected chi connectivity index (χ2v) is 5.74. The first-order chi connectivity index (χ1) is 12.5. The summed E-state index contributed by atoms with van der Waals surface area (Å²) in [5.74, 6) is -0.793. The number of carbonyl (C=O) groups is 2. The SMILES string of the molecule is COC(=O)c1ccc(NC(=O)Cn2c(=O)cnc3ccccc32)c(C)c1. The molecule has 26 heavy (non-hydrogen) atoms. The Morgan fingerprint density at radius 2 is 1.96 bits per heavy atom. The third-order valence-electron chi connectivity index (χ3n) is 3.98. The van der Waals surface area contributed by atoms with Crippen molar-refractivity contribution in [1.82, 2.24) is 9.55 Å². The summed E-state index contributed by atoms with van der Waals surface area (Å²) in [5.41, 5.74) is 2.56. The number of nitrogens with one attached hydrogen (secondary N) is 1. The highest BCUT2D eigenvalue weighted by Crippen LogP contribution is 2.17. The van der Waals surface area contributed by atoms with E-state index in [1.165, 1.54) is 17.9 Å². The van der Waals surface area contributed by atoms with Crippen LogP contribution < -0.4 is 10.9 Å². The summed E-state index contributed by atoms with van der Waals surface area (Å²) in [6.45, 7) is 1.64. The van der Waals surface area contributed by atoms with Crippen molar-refractivity contribution in [3.63, 3.8) is 0 Å². The Morgan fingerprint density at radius 3 is 2.69 bits per heavy atom. The van der Waals surface area contributed by atoms with Crippen LogP contribution in [0.3, 0.4) is 0 Å². The second kappa shape index (κ2) is 7.18. The Bertz CT molecular complexity index is 1060. The van der Waals surface area contributed by atoms with E-state index in [1.807, 2.05) is 6.07 Å². The lowest BCUT2D eigenvalue weighted by atomic mass is 10.1. The number of ether oxygens (including phenoxy) is 1. The number of hydrogen-bond donors (Lipinski definition) is 1. The Hall–Kier alpha value is -3.48. The van der Waals surface area contributed by atoms with E-state index in [1.54, 1.807) is 43.3 Å². The van der Waals surface area contributed by atoms with Crippen LogP contribution in [-0.2, 0) is 16.1 Å². The fourth-order valence-electron chi connectivity index (χ4n) is 2.66. The highest BCUT2D eigenvalue weighted by Gasteiger charge is 2.12. The zero-order valence-corrected chi connectivity index (χ0v) is 14.4. The zero-order chi connectivity index (χ0) is 18.7. The molecule has 0 atom stereocenters. The maximum absolute atomic E-state index is 12.4. The molecule has 0 radical (unpaired) electrons. The lowest BCUT2D eigenvalue weighted by molar-refractivity contribution is -0.116. The Balaban J connectivity index is 1.83. The third kappa shape index (κ3) is 3.46. The largest absolute Gasteiger partial charge is 0.465 e. The Morgan fingerprint density at radius 1 is 1.19 bits per heavy atom. The highest BCUT2D eigenvalue weighted by molar-refractivity contribution is 5.94. The monoisotopic (exact) mass is 351 g/mol. The summed E-state index contributed by atoms with van der Waals surface area (Å²) in [6, 6.07) is 12.0. The van der Waals surface area contributed by atoms with Gasteiger partial charge in [0.25, 0.3) is 5.56 Å². The molecule has 7 nitrogen and oxygen atoms in total. The minimum atomic E-state index is -0.444. The summed E-state index contributed by atoms with van der Waals surface area (Å²) in [5, 5.41) is 2.76. The molecule has 0 spiro atoms. The number of carbonyl (C=O) groups excluding carboxylic acids is 2. The van der Waals surface area contributed by atoms with Crippen LogP contribution in [0, 0.1) is 6.92 Å². The molecule has 0 aliphatic heterocycles. The van der Waals surface area contributed by atoms with Gasteiger partial charge in [-0.25, -0.2) is 9.78 Å². The first-order valence-corrected chi connectivity index (χ1v) is 7.93. The molecule has 0 bridgehead atoms. The summed E-state index contributed by atoms with van der Waals surface area (Å²) in [4.78, 5) is 40.2. The van der Waals surface area contributed by atoms with Gasteiger partial charge in [-0.05, 0) is 42.8 Å². The molecular formula is C19H17N3O4. The van der Waals surface area contributed by atoms with Gasteiger partial charge >= 0.3 is 5.97 Å². The molecule has 0 saturated carbocycles. The molecule has 1 aromatic heterocycles. The molecular weight excluding hydrogens is 334 g/mol. The van der Waals surface area contributed by atoms with Crippen molar-refractivity contribution in [3.05, 3.63) is 70.1 Å². The fourth-order valence-corrected chi connectivity index (χ4v) is 2.66. The summed E-state index contributed by atoms with van der Waals surface area (Å²) < 4.78 is 6.05. The molecule has 0 fully saturated rings. The molecule has 0 aliphatic rings. The summed E-state index contributed by atoms with van der Waals surface area (Å²) in [6.07, 6.45) is 1.20. The van der Waals surface area contributed by atoms with Gasteiger partial charge in [-0.2, -0.15) is 0 Å². The van der Waals surface area contributed by atoms with Gasteiger partial charge in [0.1, 0.15) is 6.54 Å². The van der Waals surface area contributed by atoms with E-state index in [4.69, 9.17) is 0 Å². The molecule has 1 heterocycles. The number of aromatic nitrogens is 2. The summed E-state index contributed by atoms with van der Waals surface area (Å²) >= 11 is 0. The number of methoxy groups -OCH3 is 1. The van der Waals surface area contributed by atoms with Crippen LogP contribution in [0.25, 0.3) is 11.0 Å². The average molecular weight is 351 g/mol. The molecule has 1 amide bonds. The van der Waals surface area contributed by atoms with Gasteiger partial charge in [0, 0.05) is 5.69 Å². The van der Waals surface area contributed by atoms with Crippen molar-refractivity contribution in [3.8, 4) is 0 Å². The molecule has 2 aromatic carbocycles. The quantitative estimate of drug-likeness (QED) is 0.727. The molecule has 132 valence electrons. The third-order valence-corrected chi connectivity index (χ3v) is 3.98. The van der Waals surface area contributed by atoms with E-state index in [0.29, 0.717) is 27.8 Å². The van der Waals surface area contributed by atoms with Gasteiger partial charge in [-0.15, -0.1) is 0 Å². The normalized spacial score (nSPS) is 10.5. The van der Waals surface area contributed by atoms with Crippen molar-refractivity contribution in [2.45, 2.75) is 13.5 Å². The maximum Gasteiger partial charge on any atom is 0.337 e. The van der Waals surface area contributed by atoms with Gasteiger partial charge in [0.2, 0.25) is 5.91 Å². The van der Waals surface area contributed by atoms with E-state index in [-0.39, 0.29) is 18.0 Å². The Labute approximate surface area is 149 Å². The first kappa shape index (κ1) is 17.3. The van der Waals surface area contributed by atoms with Gasteiger partial charge in [-0.3, -0.25) is 14.2 Å². The fraction of sp³-hybridized carbons (Fsp3) is 0.158. The van der Waals surface area contributed by atoms with Crippen LogP contribution in [0.2, 0.25) is 0 Å². The lowest BCUT2D eigenvalue weighted by Gasteiger charge is -2.12. The minimum Gasteiger partial charge on any atom is -0.465 e. The predicted molar refractivity (Wildman–Crippen MR) is 97.2 cm³/mol. The molecule has 7 heteroatoms. The average Bonchev–Trinajstić information content (AvgIpc) is 2.65. The molecule has 0 aliphatic carbocycles. The number of anilines is 1. The second-order valence-electron chi connectivity index (χ2n) is 5.74. The van der Waals surface area contributed by atoms with Gasteiger partial charge in [-0.1, -0.05) is 12.1 Å². The zero-order valence-electron chi connectivity index (χ0n) is 14.4. The first-order valence-electron chi connectivity index (χ1n) is 7.93. The molecule has 0 saturated heterocycles. The Kier molecular flexibility index (Phi) is 4.79. The standard InChI is InChI=1S/C19H17N3O4/c1-12-9-13(19(25)26-2)7-8-14(12)21-17(23)11-22-16-6-4-3-5-15(16)20-10-18(22)24/h3-10H,11H2,1-2H3,(H,21,23). The van der Waals surface area contributed by atoms with Crippen LogP contribution in [0.1, 0.15) is 15.9 Å². The van der Waals surface area contributed by atoms with Gasteiger partial charge in [0.05, 0.1) is 29.9 Å². The van der Waals surface area contributed by atoms with E-state index in [9.17, 15) is 14.4 Å². The number of rotatable bonds is 4.